The molecule has 0 saturated carbocycles. The molecule has 0 fully saturated rings. The Kier molecular flexibility index (Phi) is 5.25. The zero-order valence-electron chi connectivity index (χ0n) is 12.7. The fraction of sp³-hybridized carbons (Fsp3) is 0.312. The van der Waals surface area contributed by atoms with Crippen LogP contribution in [0.5, 0.6) is 0 Å². The van der Waals surface area contributed by atoms with Crippen LogP contribution in [0, 0.1) is 11.3 Å². The van der Waals surface area contributed by atoms with E-state index in [1.54, 1.807) is 24.3 Å². The number of anilines is 1. The first-order chi connectivity index (χ1) is 9.73. The van der Waals surface area contributed by atoms with Crippen molar-refractivity contribution in [1.29, 1.82) is 5.26 Å². The lowest BCUT2D eigenvalue weighted by atomic mass is 10.1. The van der Waals surface area contributed by atoms with Crippen molar-refractivity contribution >= 4 is 17.4 Å². The Hall–Kier alpha value is -2.61. The van der Waals surface area contributed by atoms with E-state index in [0.717, 1.165) is 0 Å². The number of hydrogen-bond donors (Lipinski definition) is 2. The fourth-order valence-electron chi connectivity index (χ4n) is 1.42. The number of amides is 1. The number of nitriles is 1. The van der Waals surface area contributed by atoms with Crippen molar-refractivity contribution in [3.63, 3.8) is 0 Å². The smallest absolute Gasteiger partial charge is 0.267 e. The summed E-state index contributed by atoms with van der Waals surface area (Å²) >= 11 is 0. The Morgan fingerprint density at radius 1 is 1.19 bits per heavy atom. The Labute approximate surface area is 124 Å². The molecule has 0 heterocycles. The molecular formula is C16H19N3O2. The highest BCUT2D eigenvalue weighted by molar-refractivity contribution is 6.06. The van der Waals surface area contributed by atoms with E-state index in [-0.39, 0.29) is 16.9 Å². The van der Waals surface area contributed by atoms with Gasteiger partial charge < -0.3 is 10.6 Å². The molecule has 1 amide bonds. The largest absolute Gasteiger partial charge is 0.385 e. The number of carbonyl (C=O) groups is 2. The molecule has 0 aliphatic rings. The standard InChI is InChI=1S/C16H19N3O2/c1-11(20)12-5-7-14(8-6-12)19-15(21)13(9-17)10-18-16(2,3)4/h5-8,10,18H,1-4H3,(H,19,21)/b13-10-. The number of Topliss-reactive ketones (excluding diaryl/α,β-unsaturated/α-hetero) is 1. The Morgan fingerprint density at radius 2 is 1.76 bits per heavy atom. The van der Waals surface area contributed by atoms with Gasteiger partial charge in [0.1, 0.15) is 11.6 Å². The summed E-state index contributed by atoms with van der Waals surface area (Å²) in [6, 6.07) is 8.36. The van der Waals surface area contributed by atoms with Crippen LogP contribution in [-0.4, -0.2) is 17.2 Å². The van der Waals surface area contributed by atoms with Gasteiger partial charge in [-0.15, -0.1) is 0 Å². The topological polar surface area (TPSA) is 82.0 Å². The van der Waals surface area contributed by atoms with Gasteiger partial charge in [-0.2, -0.15) is 5.26 Å². The minimum atomic E-state index is -0.496. The molecule has 0 aromatic heterocycles. The van der Waals surface area contributed by atoms with Gasteiger partial charge in [0.25, 0.3) is 5.91 Å². The first-order valence-corrected chi connectivity index (χ1v) is 6.53. The first kappa shape index (κ1) is 16.4. The summed E-state index contributed by atoms with van der Waals surface area (Å²) < 4.78 is 0. The van der Waals surface area contributed by atoms with E-state index in [1.165, 1.54) is 13.1 Å². The molecule has 110 valence electrons. The van der Waals surface area contributed by atoms with Gasteiger partial charge >= 0.3 is 0 Å². The molecule has 1 rings (SSSR count). The third-order valence-electron chi connectivity index (χ3n) is 2.56. The van der Waals surface area contributed by atoms with Crippen molar-refractivity contribution in [2.75, 3.05) is 5.32 Å². The van der Waals surface area contributed by atoms with Crippen LogP contribution in [0.2, 0.25) is 0 Å². The molecule has 5 nitrogen and oxygen atoms in total. The molecule has 0 aliphatic heterocycles. The van der Waals surface area contributed by atoms with Crippen LogP contribution in [0.15, 0.2) is 36.0 Å². The van der Waals surface area contributed by atoms with Crippen molar-refractivity contribution in [3.05, 3.63) is 41.6 Å². The van der Waals surface area contributed by atoms with Gasteiger partial charge in [-0.1, -0.05) is 0 Å². The van der Waals surface area contributed by atoms with E-state index in [1.807, 2.05) is 26.8 Å². The van der Waals surface area contributed by atoms with Crippen LogP contribution in [0.1, 0.15) is 38.1 Å². The van der Waals surface area contributed by atoms with Crippen molar-refractivity contribution in [2.24, 2.45) is 0 Å². The maximum Gasteiger partial charge on any atom is 0.267 e. The molecule has 0 saturated heterocycles. The Balaban J connectivity index is 2.79. The number of benzene rings is 1. The molecule has 0 spiro atoms. The lowest BCUT2D eigenvalue weighted by molar-refractivity contribution is -0.112. The van der Waals surface area contributed by atoms with E-state index >= 15 is 0 Å². The number of rotatable bonds is 4. The zero-order chi connectivity index (χ0) is 16.0. The predicted molar refractivity (Wildman–Crippen MR) is 81.7 cm³/mol. The molecule has 5 heteroatoms. The van der Waals surface area contributed by atoms with Crippen LogP contribution >= 0.6 is 0 Å². The van der Waals surface area contributed by atoms with Crippen LogP contribution in [0.25, 0.3) is 0 Å². The van der Waals surface area contributed by atoms with Crippen molar-refractivity contribution in [3.8, 4) is 6.07 Å². The Bertz CT molecular complexity index is 602. The molecule has 0 radical (unpaired) electrons. The lowest BCUT2D eigenvalue weighted by Crippen LogP contribution is -2.32. The highest BCUT2D eigenvalue weighted by atomic mass is 16.1. The molecule has 0 unspecified atom stereocenters. The highest BCUT2D eigenvalue weighted by Crippen LogP contribution is 2.11. The maximum absolute atomic E-state index is 12.0. The molecule has 1 aromatic rings. The van der Waals surface area contributed by atoms with Gasteiger partial charge in [-0.25, -0.2) is 0 Å². The van der Waals surface area contributed by atoms with E-state index < -0.39 is 5.91 Å². The predicted octanol–water partition coefficient (Wildman–Crippen LogP) is 2.62. The van der Waals surface area contributed by atoms with Crippen LogP contribution in [0.3, 0.4) is 0 Å². The third kappa shape index (κ3) is 5.49. The molecule has 1 aromatic carbocycles. The normalized spacial score (nSPS) is 11.5. The second-order valence-corrected chi connectivity index (χ2v) is 5.65. The number of carbonyl (C=O) groups excluding carboxylic acids is 2. The second-order valence-electron chi connectivity index (χ2n) is 5.65. The molecule has 2 N–H and O–H groups in total. The van der Waals surface area contributed by atoms with E-state index in [0.29, 0.717) is 11.3 Å². The van der Waals surface area contributed by atoms with Crippen molar-refractivity contribution < 1.29 is 9.59 Å². The third-order valence-corrected chi connectivity index (χ3v) is 2.56. The summed E-state index contributed by atoms with van der Waals surface area (Å²) in [6.45, 7) is 7.26. The highest BCUT2D eigenvalue weighted by Gasteiger charge is 2.12. The van der Waals surface area contributed by atoms with Gasteiger partial charge in [0.2, 0.25) is 0 Å². The summed E-state index contributed by atoms with van der Waals surface area (Å²) in [5, 5.41) is 14.6. The number of hydrogen-bond acceptors (Lipinski definition) is 4. The first-order valence-electron chi connectivity index (χ1n) is 6.53. The van der Waals surface area contributed by atoms with Gasteiger partial charge in [0, 0.05) is 23.0 Å². The van der Waals surface area contributed by atoms with Crippen LogP contribution in [0.4, 0.5) is 5.69 Å². The second kappa shape index (κ2) is 6.71. The summed E-state index contributed by atoms with van der Waals surface area (Å²) in [5.74, 6) is -0.537. The van der Waals surface area contributed by atoms with Gasteiger partial charge in [-0.05, 0) is 52.0 Å². The van der Waals surface area contributed by atoms with Gasteiger partial charge in [0.15, 0.2) is 5.78 Å². The molecule has 0 atom stereocenters. The minimum Gasteiger partial charge on any atom is -0.385 e. The van der Waals surface area contributed by atoms with Crippen molar-refractivity contribution in [2.45, 2.75) is 33.2 Å². The molecule has 21 heavy (non-hydrogen) atoms. The summed E-state index contributed by atoms with van der Waals surface area (Å²) in [4.78, 5) is 23.1. The minimum absolute atomic E-state index is 0.0134. The fourth-order valence-corrected chi connectivity index (χ4v) is 1.42. The molecular weight excluding hydrogens is 266 g/mol. The van der Waals surface area contributed by atoms with Gasteiger partial charge in [0.05, 0.1) is 0 Å². The zero-order valence-corrected chi connectivity index (χ0v) is 12.7. The lowest BCUT2D eigenvalue weighted by Gasteiger charge is -2.18. The van der Waals surface area contributed by atoms with E-state index in [9.17, 15) is 9.59 Å². The van der Waals surface area contributed by atoms with Gasteiger partial charge in [-0.3, -0.25) is 9.59 Å². The monoisotopic (exact) mass is 285 g/mol. The number of nitrogens with zero attached hydrogens (tertiary/aromatic N) is 1. The average molecular weight is 285 g/mol. The number of nitrogens with one attached hydrogen (secondary N) is 2. The Morgan fingerprint density at radius 3 is 2.19 bits per heavy atom. The SMILES string of the molecule is CC(=O)c1ccc(NC(=O)/C(C#N)=C\NC(C)(C)C)cc1. The average Bonchev–Trinajstić information content (AvgIpc) is 2.38. The number of ketones is 1. The molecule has 0 bridgehead atoms. The van der Waals surface area contributed by atoms with E-state index in [4.69, 9.17) is 5.26 Å². The summed E-state index contributed by atoms with van der Waals surface area (Å²) in [5.41, 5.74) is 0.854. The quantitative estimate of drug-likeness (QED) is 0.506. The summed E-state index contributed by atoms with van der Waals surface area (Å²) in [6.07, 6.45) is 1.40. The van der Waals surface area contributed by atoms with Crippen LogP contribution < -0.4 is 10.6 Å². The van der Waals surface area contributed by atoms with Crippen LogP contribution in [-0.2, 0) is 4.79 Å². The summed E-state index contributed by atoms with van der Waals surface area (Å²) in [7, 11) is 0. The maximum atomic E-state index is 12.0. The molecule has 0 aliphatic carbocycles. The van der Waals surface area contributed by atoms with E-state index in [2.05, 4.69) is 10.6 Å². The van der Waals surface area contributed by atoms with Crippen molar-refractivity contribution in [1.82, 2.24) is 5.32 Å².